The van der Waals surface area contributed by atoms with Crippen molar-refractivity contribution in [3.63, 3.8) is 0 Å². The molecule has 11 heteroatoms. The number of aromatic nitrogens is 3. The Morgan fingerprint density at radius 3 is 2.67 bits per heavy atom. The Kier molecular flexibility index (Phi) is 5.11. The Bertz CT molecular complexity index is 895. The highest BCUT2D eigenvalue weighted by Gasteiger charge is 2.44. The quantitative estimate of drug-likeness (QED) is 0.368. The van der Waals surface area contributed by atoms with Gasteiger partial charge in [-0.15, -0.1) is 0 Å². The number of primary amides is 1. The summed E-state index contributed by atoms with van der Waals surface area (Å²) in [5.74, 6) is -0.0970. The van der Waals surface area contributed by atoms with Gasteiger partial charge >= 0.3 is 0 Å². The van der Waals surface area contributed by atoms with Crippen molar-refractivity contribution in [2.75, 3.05) is 20.7 Å². The van der Waals surface area contributed by atoms with Gasteiger partial charge in [0.05, 0.1) is 23.9 Å². The Hall–Kier alpha value is -2.60. The number of aliphatic hydroxyl groups excluding tert-OH is 3. The molecule has 1 aliphatic rings. The number of aliphatic hydroxyl groups is 3. The third-order valence-corrected chi connectivity index (χ3v) is 4.23. The van der Waals surface area contributed by atoms with Gasteiger partial charge in [0.15, 0.2) is 12.0 Å². The molecular formula is C16H22N6O5. The SMILES string of the molecule is Cc1nc(N=CN(C)C)c2c(C(N)=O)cn([C@@H]3O[C@H](CO)[C@@H](O)[C@H]3O)c2n1. The van der Waals surface area contributed by atoms with Gasteiger partial charge in [0.25, 0.3) is 5.91 Å². The second kappa shape index (κ2) is 7.19. The average Bonchev–Trinajstić information content (AvgIpc) is 3.11. The van der Waals surface area contributed by atoms with E-state index >= 15 is 0 Å². The molecule has 0 aromatic carbocycles. The number of carbonyl (C=O) groups is 1. The molecule has 27 heavy (non-hydrogen) atoms. The van der Waals surface area contributed by atoms with Gasteiger partial charge in [0.2, 0.25) is 0 Å². The summed E-state index contributed by atoms with van der Waals surface area (Å²) in [5, 5.41) is 30.0. The fourth-order valence-electron chi connectivity index (χ4n) is 2.99. The van der Waals surface area contributed by atoms with Crippen LogP contribution in [0.3, 0.4) is 0 Å². The normalized spacial score (nSPS) is 25.6. The highest BCUT2D eigenvalue weighted by Crippen LogP contribution is 2.35. The van der Waals surface area contributed by atoms with Gasteiger partial charge in [-0.05, 0) is 6.92 Å². The summed E-state index contributed by atoms with van der Waals surface area (Å²) in [5.41, 5.74) is 5.89. The van der Waals surface area contributed by atoms with Crippen molar-refractivity contribution < 1.29 is 24.9 Å². The summed E-state index contributed by atoms with van der Waals surface area (Å²) < 4.78 is 6.96. The number of hydrogen-bond donors (Lipinski definition) is 4. The number of rotatable bonds is 5. The Morgan fingerprint density at radius 1 is 1.41 bits per heavy atom. The number of fused-ring (bicyclic) bond motifs is 1. The molecule has 1 aliphatic heterocycles. The number of ether oxygens (including phenoxy) is 1. The molecule has 11 nitrogen and oxygen atoms in total. The maximum Gasteiger partial charge on any atom is 0.251 e. The first kappa shape index (κ1) is 19.2. The zero-order chi connectivity index (χ0) is 19.9. The third kappa shape index (κ3) is 3.37. The minimum atomic E-state index is -1.33. The van der Waals surface area contributed by atoms with E-state index in [4.69, 9.17) is 10.5 Å². The predicted octanol–water partition coefficient (Wildman–Crippen LogP) is -1.33. The van der Waals surface area contributed by atoms with Crippen LogP contribution in [0.5, 0.6) is 0 Å². The van der Waals surface area contributed by atoms with E-state index in [0.29, 0.717) is 11.2 Å². The van der Waals surface area contributed by atoms with Crippen molar-refractivity contribution in [1.82, 2.24) is 19.4 Å². The standard InChI is InChI=1S/C16H22N6O5/c1-7-19-14(18-6-21(2)3)10-8(13(17)26)4-22(15(10)20-7)16-12(25)11(24)9(5-23)27-16/h4,6,9,11-12,16,23-25H,5H2,1-3H3,(H2,17,26)/t9-,11-,12-,16-/m1/s1. The van der Waals surface area contributed by atoms with Crippen molar-refractivity contribution >= 4 is 29.1 Å². The minimum Gasteiger partial charge on any atom is -0.394 e. The summed E-state index contributed by atoms with van der Waals surface area (Å²) in [6.45, 7) is 1.19. The van der Waals surface area contributed by atoms with E-state index in [-0.39, 0.29) is 17.0 Å². The van der Waals surface area contributed by atoms with Crippen LogP contribution in [0.4, 0.5) is 5.82 Å². The van der Waals surface area contributed by atoms with Crippen LogP contribution in [0.25, 0.3) is 11.0 Å². The Labute approximate surface area is 154 Å². The number of hydrogen-bond acceptors (Lipinski definition) is 8. The van der Waals surface area contributed by atoms with E-state index in [1.807, 2.05) is 0 Å². The van der Waals surface area contributed by atoms with Gasteiger partial charge in [-0.3, -0.25) is 4.79 Å². The molecule has 2 aromatic heterocycles. The van der Waals surface area contributed by atoms with Gasteiger partial charge in [-0.2, -0.15) is 0 Å². The lowest BCUT2D eigenvalue weighted by atomic mass is 10.1. The maximum absolute atomic E-state index is 12.0. The minimum absolute atomic E-state index is 0.105. The molecule has 146 valence electrons. The largest absolute Gasteiger partial charge is 0.394 e. The molecule has 1 fully saturated rings. The van der Waals surface area contributed by atoms with Crippen LogP contribution in [0.2, 0.25) is 0 Å². The molecular weight excluding hydrogens is 356 g/mol. The second-order valence-corrected chi connectivity index (χ2v) is 6.54. The van der Waals surface area contributed by atoms with Gasteiger partial charge in [0.1, 0.15) is 29.8 Å². The lowest BCUT2D eigenvalue weighted by Gasteiger charge is -2.17. The van der Waals surface area contributed by atoms with Crippen LogP contribution in [-0.4, -0.2) is 86.0 Å². The number of aryl methyl sites for hydroxylation is 1. The van der Waals surface area contributed by atoms with Crippen LogP contribution in [-0.2, 0) is 4.74 Å². The number of carbonyl (C=O) groups excluding carboxylic acids is 1. The zero-order valence-corrected chi connectivity index (χ0v) is 15.1. The van der Waals surface area contributed by atoms with Crippen LogP contribution in [0.1, 0.15) is 22.4 Å². The summed E-state index contributed by atoms with van der Waals surface area (Å²) in [7, 11) is 3.57. The predicted molar refractivity (Wildman–Crippen MR) is 95.6 cm³/mol. The average molecular weight is 378 g/mol. The van der Waals surface area contributed by atoms with Gasteiger partial charge in [0, 0.05) is 20.3 Å². The molecule has 0 spiro atoms. The smallest absolute Gasteiger partial charge is 0.251 e. The van der Waals surface area contributed by atoms with Crippen LogP contribution < -0.4 is 5.73 Å². The van der Waals surface area contributed by atoms with Crippen molar-refractivity contribution in [3.8, 4) is 0 Å². The van der Waals surface area contributed by atoms with E-state index in [0.717, 1.165) is 0 Å². The van der Waals surface area contributed by atoms with Crippen molar-refractivity contribution in [1.29, 1.82) is 0 Å². The number of nitrogens with zero attached hydrogens (tertiary/aromatic N) is 5. The lowest BCUT2D eigenvalue weighted by molar-refractivity contribution is -0.0509. The van der Waals surface area contributed by atoms with Crippen molar-refractivity contribution in [2.45, 2.75) is 31.5 Å². The number of nitrogens with two attached hydrogens (primary N) is 1. The fraction of sp³-hybridized carbons (Fsp3) is 0.500. The second-order valence-electron chi connectivity index (χ2n) is 6.54. The van der Waals surface area contributed by atoms with Crippen LogP contribution in [0.15, 0.2) is 11.2 Å². The highest BCUT2D eigenvalue weighted by molar-refractivity contribution is 6.09. The molecule has 3 rings (SSSR count). The number of aliphatic imine (C=N–C) groups is 1. The molecule has 0 saturated carbocycles. The molecule has 0 unspecified atom stereocenters. The molecule has 1 amide bonds. The molecule has 4 atom stereocenters. The van der Waals surface area contributed by atoms with Gasteiger partial charge in [-0.25, -0.2) is 15.0 Å². The first-order valence-electron chi connectivity index (χ1n) is 8.26. The van der Waals surface area contributed by atoms with Gasteiger partial charge < -0.3 is 35.3 Å². The summed E-state index contributed by atoms with van der Waals surface area (Å²) >= 11 is 0. The van der Waals surface area contributed by atoms with Gasteiger partial charge in [-0.1, -0.05) is 0 Å². The van der Waals surface area contributed by atoms with Crippen molar-refractivity contribution in [3.05, 3.63) is 17.6 Å². The molecule has 3 heterocycles. The molecule has 0 aliphatic carbocycles. The summed E-state index contributed by atoms with van der Waals surface area (Å²) in [4.78, 5) is 26.6. The first-order chi connectivity index (χ1) is 12.7. The molecule has 5 N–H and O–H groups in total. The third-order valence-electron chi connectivity index (χ3n) is 4.23. The fourth-order valence-corrected chi connectivity index (χ4v) is 2.99. The highest BCUT2D eigenvalue weighted by atomic mass is 16.6. The van der Waals surface area contributed by atoms with E-state index in [9.17, 15) is 20.1 Å². The Morgan fingerprint density at radius 2 is 2.11 bits per heavy atom. The van der Waals surface area contributed by atoms with Crippen LogP contribution >= 0.6 is 0 Å². The maximum atomic E-state index is 12.0. The van der Waals surface area contributed by atoms with E-state index in [1.54, 1.807) is 25.9 Å². The monoisotopic (exact) mass is 378 g/mol. The van der Waals surface area contributed by atoms with Crippen LogP contribution in [0, 0.1) is 6.92 Å². The van der Waals surface area contributed by atoms with Crippen molar-refractivity contribution in [2.24, 2.45) is 10.7 Å². The molecule has 1 saturated heterocycles. The summed E-state index contributed by atoms with van der Waals surface area (Å²) in [6, 6.07) is 0. The van der Waals surface area contributed by atoms with E-state index in [1.165, 1.54) is 17.1 Å². The molecule has 0 bridgehead atoms. The van der Waals surface area contributed by atoms with E-state index in [2.05, 4.69) is 15.0 Å². The number of amides is 1. The zero-order valence-electron chi connectivity index (χ0n) is 15.1. The first-order valence-corrected chi connectivity index (χ1v) is 8.26. The topological polar surface area (TPSA) is 159 Å². The molecule has 2 aromatic rings. The molecule has 0 radical (unpaired) electrons. The van der Waals surface area contributed by atoms with E-state index < -0.39 is 37.1 Å². The summed E-state index contributed by atoms with van der Waals surface area (Å²) in [6.07, 6.45) is -1.74. The Balaban J connectivity index is 2.22. The lowest BCUT2D eigenvalue weighted by Crippen LogP contribution is -2.33.